The van der Waals surface area contributed by atoms with Crippen LogP contribution in [0.25, 0.3) is 22.3 Å². The van der Waals surface area contributed by atoms with Crippen molar-refractivity contribution in [2.45, 2.75) is 6.54 Å². The van der Waals surface area contributed by atoms with Gasteiger partial charge in [-0.05, 0) is 82.5 Å². The van der Waals surface area contributed by atoms with Crippen LogP contribution in [0.5, 0.6) is 0 Å². The molecule has 8 bridgehead atoms. The Morgan fingerprint density at radius 1 is 0.525 bits per heavy atom. The van der Waals surface area contributed by atoms with Crippen LogP contribution in [0.1, 0.15) is 49.4 Å². The summed E-state index contributed by atoms with van der Waals surface area (Å²) in [6.07, 6.45) is 10.7. The van der Waals surface area contributed by atoms with Gasteiger partial charge in [-0.2, -0.15) is 0 Å². The number of carbonyl (C=O) groups is 1. The maximum absolute atomic E-state index is 12.4. The number of rotatable bonds is 7. The van der Waals surface area contributed by atoms with Crippen molar-refractivity contribution in [2.75, 3.05) is 7.11 Å². The molecule has 59 heavy (non-hydrogen) atoms. The Morgan fingerprint density at radius 3 is 1.56 bits per heavy atom. The molecule has 3 aliphatic heterocycles. The van der Waals surface area contributed by atoms with Crippen LogP contribution in [-0.2, 0) is 11.3 Å². The fourth-order valence-corrected chi connectivity index (χ4v) is 8.21. The normalized spacial score (nSPS) is 14.5. The Morgan fingerprint density at radius 2 is 1.00 bits per heavy atom. The summed E-state index contributed by atoms with van der Waals surface area (Å²) in [5.41, 5.74) is 15.3. The lowest BCUT2D eigenvalue weighted by Crippen LogP contribution is -2.19. The van der Waals surface area contributed by atoms with Gasteiger partial charge in [0.15, 0.2) is 0 Å². The number of nitrogens with one attached hydrogen (secondary N) is 1. The first-order chi connectivity index (χ1) is 29.1. The number of aliphatic imine (C=N–C) groups is 2. The minimum Gasteiger partial charge on any atom is -0.465 e. The second kappa shape index (κ2) is 15.3. The zero-order chi connectivity index (χ0) is 39.7. The van der Waals surface area contributed by atoms with Crippen LogP contribution in [0.3, 0.4) is 0 Å². The number of fused-ring (bicyclic) bond motifs is 6. The highest BCUT2D eigenvalue weighted by Crippen LogP contribution is 2.37. The standard InChI is InChI=1S/C53H38N4O2/c1-59-53(58)40-24-22-35(23-25-40)33-57-34-41-32-48(57)52(39-20-12-5-13-21-39)47-31-30-46(56-47)51(38-18-10-4-11-19-38)45-29-28-44(55-45)50(37-16-8-3-9-17-37)43-27-26-42(54-43)49(41)36-14-6-2-7-15-36/h2-32,34,54H,33H2,1H3. The van der Waals surface area contributed by atoms with E-state index in [1.54, 1.807) is 0 Å². The van der Waals surface area contributed by atoms with Crippen molar-refractivity contribution >= 4 is 39.7 Å². The second-order valence-corrected chi connectivity index (χ2v) is 14.6. The molecule has 0 amide bonds. The molecule has 6 heteroatoms. The van der Waals surface area contributed by atoms with Gasteiger partial charge in [-0.3, -0.25) is 0 Å². The predicted molar refractivity (Wildman–Crippen MR) is 237 cm³/mol. The molecule has 0 atom stereocenters. The molecule has 5 heterocycles. The SMILES string of the molecule is COC(=O)c1ccc(Cn2cc3cc2C(c2ccccc2)=C2C=CC(=N2)C(c2ccccc2)=C2C=CC(=N2)C(c2ccccc2)=c2ccc([nH]2)=C3c2ccccc2)cc1. The molecule has 0 saturated heterocycles. The number of allylic oxidation sites excluding steroid dienone is 5. The summed E-state index contributed by atoms with van der Waals surface area (Å²) in [5, 5.41) is 1.95. The van der Waals surface area contributed by atoms with Crippen LogP contribution in [0.2, 0.25) is 0 Å². The molecule has 7 aromatic rings. The average Bonchev–Trinajstić information content (AvgIpc) is 4.13. The monoisotopic (exact) mass is 762 g/mol. The highest BCUT2D eigenvalue weighted by molar-refractivity contribution is 6.35. The molecule has 0 aliphatic carbocycles. The van der Waals surface area contributed by atoms with Gasteiger partial charge in [0.2, 0.25) is 0 Å². The van der Waals surface area contributed by atoms with E-state index in [4.69, 9.17) is 14.7 Å². The van der Waals surface area contributed by atoms with E-state index in [0.717, 1.165) is 94.9 Å². The molecular weight excluding hydrogens is 725 g/mol. The molecule has 0 spiro atoms. The Hall–Kier alpha value is -7.83. The second-order valence-electron chi connectivity index (χ2n) is 14.6. The van der Waals surface area contributed by atoms with E-state index in [-0.39, 0.29) is 5.97 Å². The van der Waals surface area contributed by atoms with E-state index in [9.17, 15) is 4.79 Å². The Labute approximate surface area is 342 Å². The molecule has 0 fully saturated rings. The van der Waals surface area contributed by atoms with Crippen molar-refractivity contribution in [3.05, 3.63) is 261 Å². The van der Waals surface area contributed by atoms with E-state index >= 15 is 0 Å². The lowest BCUT2D eigenvalue weighted by molar-refractivity contribution is 0.0600. The van der Waals surface area contributed by atoms with E-state index in [1.165, 1.54) is 7.11 Å². The Balaban J connectivity index is 1.32. The van der Waals surface area contributed by atoms with Gasteiger partial charge < -0.3 is 14.3 Å². The van der Waals surface area contributed by atoms with Gasteiger partial charge in [-0.15, -0.1) is 0 Å². The quantitative estimate of drug-likeness (QED) is 0.165. The molecule has 10 rings (SSSR count). The van der Waals surface area contributed by atoms with Crippen LogP contribution >= 0.6 is 0 Å². The highest BCUT2D eigenvalue weighted by Gasteiger charge is 2.25. The smallest absolute Gasteiger partial charge is 0.337 e. The predicted octanol–water partition coefficient (Wildman–Crippen LogP) is 9.30. The first-order valence-corrected chi connectivity index (χ1v) is 19.7. The van der Waals surface area contributed by atoms with Crippen molar-refractivity contribution in [2.24, 2.45) is 9.98 Å². The topological polar surface area (TPSA) is 71.7 Å². The summed E-state index contributed by atoms with van der Waals surface area (Å²) < 4.78 is 7.30. The summed E-state index contributed by atoms with van der Waals surface area (Å²) in [4.78, 5) is 27.1. The summed E-state index contributed by atoms with van der Waals surface area (Å²) in [6, 6.07) is 56.2. The number of hydrogen-bond donors (Lipinski definition) is 1. The number of methoxy groups -OCH3 is 1. The highest BCUT2D eigenvalue weighted by atomic mass is 16.5. The summed E-state index contributed by atoms with van der Waals surface area (Å²) in [6.45, 7) is 0.548. The number of nitrogens with zero attached hydrogens (tertiary/aromatic N) is 3. The third-order valence-corrected chi connectivity index (χ3v) is 10.9. The fourth-order valence-electron chi connectivity index (χ4n) is 8.21. The fraction of sp³-hybridized carbons (Fsp3) is 0.0377. The van der Waals surface area contributed by atoms with Crippen LogP contribution in [0, 0.1) is 0 Å². The maximum atomic E-state index is 12.4. The van der Waals surface area contributed by atoms with E-state index in [1.807, 2.05) is 42.5 Å². The maximum Gasteiger partial charge on any atom is 0.337 e. The molecule has 0 unspecified atom stereocenters. The summed E-state index contributed by atoms with van der Waals surface area (Å²) in [5.74, 6) is -0.359. The summed E-state index contributed by atoms with van der Waals surface area (Å²) in [7, 11) is 1.40. The number of aromatic amines is 1. The third kappa shape index (κ3) is 6.77. The number of carbonyl (C=O) groups excluding carboxylic acids is 1. The molecule has 282 valence electrons. The van der Waals surface area contributed by atoms with Gasteiger partial charge in [0.25, 0.3) is 0 Å². The van der Waals surface area contributed by atoms with Crippen molar-refractivity contribution in [3.63, 3.8) is 0 Å². The van der Waals surface area contributed by atoms with Crippen LogP contribution in [-0.4, -0.2) is 34.1 Å². The van der Waals surface area contributed by atoms with E-state index < -0.39 is 0 Å². The average molecular weight is 763 g/mol. The molecule has 6 nitrogen and oxygen atoms in total. The van der Waals surface area contributed by atoms with Gasteiger partial charge in [0, 0.05) is 51.3 Å². The summed E-state index contributed by atoms with van der Waals surface area (Å²) >= 11 is 0. The molecule has 3 aliphatic rings. The van der Waals surface area contributed by atoms with Crippen molar-refractivity contribution in [1.29, 1.82) is 0 Å². The number of H-pyrrole nitrogens is 1. The first-order valence-electron chi connectivity index (χ1n) is 19.7. The van der Waals surface area contributed by atoms with Crippen molar-refractivity contribution in [1.82, 2.24) is 9.55 Å². The van der Waals surface area contributed by atoms with Crippen LogP contribution < -0.4 is 10.7 Å². The van der Waals surface area contributed by atoms with Gasteiger partial charge in [0.1, 0.15) is 0 Å². The lowest BCUT2D eigenvalue weighted by Gasteiger charge is -2.15. The minimum atomic E-state index is -0.359. The van der Waals surface area contributed by atoms with Gasteiger partial charge >= 0.3 is 5.97 Å². The Kier molecular flexibility index (Phi) is 9.20. The number of esters is 1. The Bertz CT molecular complexity index is 3070. The van der Waals surface area contributed by atoms with E-state index in [2.05, 4.69) is 161 Å². The molecule has 0 saturated carbocycles. The van der Waals surface area contributed by atoms with E-state index in [0.29, 0.717) is 12.1 Å². The van der Waals surface area contributed by atoms with Gasteiger partial charge in [-0.1, -0.05) is 133 Å². The van der Waals surface area contributed by atoms with Gasteiger partial charge in [0.05, 0.1) is 41.2 Å². The number of aromatic nitrogens is 2. The van der Waals surface area contributed by atoms with Crippen molar-refractivity contribution < 1.29 is 9.53 Å². The zero-order valence-electron chi connectivity index (χ0n) is 32.3. The van der Waals surface area contributed by atoms with Crippen LogP contribution in [0.15, 0.2) is 216 Å². The molecular formula is C53H38N4O2. The molecule has 2 aromatic heterocycles. The largest absolute Gasteiger partial charge is 0.465 e. The molecule has 1 N–H and O–H groups in total. The first kappa shape index (κ1) is 35.6. The van der Waals surface area contributed by atoms with Crippen LogP contribution in [0.4, 0.5) is 0 Å². The lowest BCUT2D eigenvalue weighted by atomic mass is 9.97. The molecule has 0 radical (unpaired) electrons. The third-order valence-electron chi connectivity index (χ3n) is 10.9. The zero-order valence-corrected chi connectivity index (χ0v) is 32.3. The number of benzene rings is 5. The minimum absolute atomic E-state index is 0.359. The van der Waals surface area contributed by atoms with Gasteiger partial charge in [-0.25, -0.2) is 14.8 Å². The molecule has 5 aromatic carbocycles. The van der Waals surface area contributed by atoms with Crippen molar-refractivity contribution in [3.8, 4) is 0 Å². The number of ether oxygens (including phenoxy) is 1. The number of hydrogen-bond acceptors (Lipinski definition) is 4.